The molecule has 9 nitrogen and oxygen atoms in total. The molecular formula is C54H90N2O7SSi2. The van der Waals surface area contributed by atoms with Gasteiger partial charge in [-0.3, -0.25) is 0 Å². The molecule has 1 aliphatic rings. The number of carbonyl (C=O) groups is 2. The van der Waals surface area contributed by atoms with E-state index in [-0.39, 0.29) is 52.1 Å². The van der Waals surface area contributed by atoms with Gasteiger partial charge in [-0.2, -0.15) is 0 Å². The van der Waals surface area contributed by atoms with Crippen molar-refractivity contribution in [2.75, 3.05) is 14.2 Å². The lowest BCUT2D eigenvalue weighted by molar-refractivity contribution is -0.146. The summed E-state index contributed by atoms with van der Waals surface area (Å²) in [6.07, 6.45) is 18.1. The molecule has 0 bridgehead atoms. The van der Waals surface area contributed by atoms with Crippen molar-refractivity contribution in [3.63, 3.8) is 0 Å². The summed E-state index contributed by atoms with van der Waals surface area (Å²) < 4.78 is 32.8. The Hall–Kier alpha value is -3.14. The van der Waals surface area contributed by atoms with Gasteiger partial charge in [-0.1, -0.05) is 148 Å². The molecule has 12 heteroatoms. The topological polar surface area (TPSA) is 105 Å². The number of carbonyl (C=O) groups excluding carboxylic acids is 2. The molecule has 8 atom stereocenters. The van der Waals surface area contributed by atoms with Crippen molar-refractivity contribution >= 4 is 40.0 Å². The third-order valence-corrected chi connectivity index (χ3v) is 23.4. The summed E-state index contributed by atoms with van der Waals surface area (Å²) in [5.41, 5.74) is 5.56. The van der Waals surface area contributed by atoms with Gasteiger partial charge in [-0.05, 0) is 95.2 Å². The molecule has 2 heterocycles. The lowest BCUT2D eigenvalue weighted by Gasteiger charge is -2.41. The van der Waals surface area contributed by atoms with Crippen molar-refractivity contribution in [2.45, 2.75) is 190 Å². The predicted molar refractivity (Wildman–Crippen MR) is 283 cm³/mol. The highest BCUT2D eigenvalue weighted by molar-refractivity contribution is 7.09. The van der Waals surface area contributed by atoms with Crippen LogP contribution in [0.2, 0.25) is 36.3 Å². The van der Waals surface area contributed by atoms with Crippen LogP contribution in [0, 0.1) is 23.7 Å². The monoisotopic (exact) mass is 967 g/mol. The van der Waals surface area contributed by atoms with E-state index in [2.05, 4.69) is 165 Å². The number of aromatic nitrogens is 1. The summed E-state index contributed by atoms with van der Waals surface area (Å²) in [7, 11) is -1.07. The quantitative estimate of drug-likeness (QED) is 0.140. The number of cyclic esters (lactones) is 1. The van der Waals surface area contributed by atoms with Crippen molar-refractivity contribution in [1.29, 1.82) is 0 Å². The van der Waals surface area contributed by atoms with E-state index in [1.54, 1.807) is 21.1 Å². The summed E-state index contributed by atoms with van der Waals surface area (Å²) >= 11 is 1.41. The maximum absolute atomic E-state index is 14.1. The molecule has 0 saturated heterocycles. The summed E-state index contributed by atoms with van der Waals surface area (Å²) in [6.45, 7) is 43.8. The molecule has 0 radical (unpaired) electrons. The first-order chi connectivity index (χ1) is 30.3. The second kappa shape index (κ2) is 25.5. The molecule has 1 N–H and O–H groups in total. The van der Waals surface area contributed by atoms with Gasteiger partial charge in [-0.25, -0.2) is 14.6 Å². The standard InChI is InChI=1S/C54H90N2O7SSi2/c1-35(2)30-47(60-52(58)55-17)50-56-44(34-64-50)49-40(7)25-23-24-39(6)48(59-18)43(10)45(62-65(19,20)53(11,12)13)29-27-36(3)31-38(5)32-42(9)46(63-66(21,22)54(14,15)16)33-37(4)26-28-41(8)51(57)61-49/h23-25,27-29,31-35,40,42-43,45-49H,26,30H2,1-22H3,(H,55,58)/b25-23+,29-27+,36-31-,37-33+,38-32-,39-24+,41-28+/t40-,42-,43-,45+,46+,47-,48+,49-/m0/s1. The Morgan fingerprint density at radius 3 is 2.03 bits per heavy atom. The van der Waals surface area contributed by atoms with E-state index in [0.29, 0.717) is 29.1 Å². The number of esters is 1. The second-order valence-corrected chi connectivity index (χ2v) is 32.6. The van der Waals surface area contributed by atoms with E-state index in [1.807, 2.05) is 30.5 Å². The van der Waals surface area contributed by atoms with Crippen molar-refractivity contribution in [3.8, 4) is 0 Å². The Morgan fingerprint density at radius 1 is 0.894 bits per heavy atom. The van der Waals surface area contributed by atoms with Gasteiger partial charge < -0.3 is 28.4 Å². The Balaban J connectivity index is 2.89. The smallest absolute Gasteiger partial charge is 0.407 e. The molecule has 1 aliphatic heterocycles. The first-order valence-electron chi connectivity index (χ1n) is 24.0. The largest absolute Gasteiger partial charge is 0.452 e. The Kier molecular flexibility index (Phi) is 22.8. The zero-order chi connectivity index (χ0) is 50.5. The van der Waals surface area contributed by atoms with Crippen LogP contribution in [0.1, 0.15) is 147 Å². The van der Waals surface area contributed by atoms with E-state index in [1.165, 1.54) is 11.3 Å². The third kappa shape index (κ3) is 18.1. The number of nitrogens with zero attached hydrogens (tertiary/aromatic N) is 1. The fraction of sp³-hybridized carbons (Fsp3) is 0.648. The zero-order valence-corrected chi connectivity index (χ0v) is 47.9. The highest BCUT2D eigenvalue weighted by atomic mass is 32.1. The van der Waals surface area contributed by atoms with E-state index >= 15 is 0 Å². The normalized spacial score (nSPS) is 29.8. The van der Waals surface area contributed by atoms with Crippen LogP contribution in [0.5, 0.6) is 0 Å². The number of methoxy groups -OCH3 is 1. The zero-order valence-electron chi connectivity index (χ0n) is 45.1. The maximum atomic E-state index is 14.1. The second-order valence-electron chi connectivity index (χ2n) is 22.2. The summed E-state index contributed by atoms with van der Waals surface area (Å²) in [5, 5.41) is 5.17. The van der Waals surface area contributed by atoms with Crippen LogP contribution in [-0.4, -0.2) is 66.2 Å². The highest BCUT2D eigenvalue weighted by Crippen LogP contribution is 2.41. The van der Waals surface area contributed by atoms with E-state index in [9.17, 15) is 9.59 Å². The molecule has 0 aliphatic carbocycles. The van der Waals surface area contributed by atoms with Crippen LogP contribution >= 0.6 is 11.3 Å². The van der Waals surface area contributed by atoms with Crippen molar-refractivity contribution < 1.29 is 32.7 Å². The maximum Gasteiger partial charge on any atom is 0.407 e. The molecule has 1 aromatic rings. The van der Waals surface area contributed by atoms with Gasteiger partial charge >= 0.3 is 12.1 Å². The minimum absolute atomic E-state index is 0.0146. The summed E-state index contributed by atoms with van der Waals surface area (Å²) in [5.74, 6) is -0.375. The first kappa shape index (κ1) is 59.0. The van der Waals surface area contributed by atoms with Crippen LogP contribution in [0.15, 0.2) is 87.9 Å². The predicted octanol–water partition coefficient (Wildman–Crippen LogP) is 15.1. The summed E-state index contributed by atoms with van der Waals surface area (Å²) in [6, 6.07) is 0. The number of ether oxygens (including phenoxy) is 3. The Labute approximate surface area is 408 Å². The number of nitrogens with one attached hydrogen (secondary N) is 1. The molecule has 0 saturated carbocycles. The molecule has 2 rings (SSSR count). The first-order valence-corrected chi connectivity index (χ1v) is 30.7. The minimum Gasteiger partial charge on any atom is -0.452 e. The van der Waals surface area contributed by atoms with Crippen molar-refractivity contribution in [1.82, 2.24) is 10.3 Å². The molecular weight excluding hydrogens is 877 g/mol. The van der Waals surface area contributed by atoms with Crippen LogP contribution in [0.25, 0.3) is 0 Å². The van der Waals surface area contributed by atoms with Crippen LogP contribution < -0.4 is 5.32 Å². The lowest BCUT2D eigenvalue weighted by atomic mass is 9.91. The van der Waals surface area contributed by atoms with E-state index < -0.39 is 40.9 Å². The van der Waals surface area contributed by atoms with Crippen molar-refractivity contribution in [3.05, 3.63) is 98.6 Å². The number of rotatable bonds is 10. The molecule has 0 aromatic carbocycles. The third-order valence-electron chi connectivity index (χ3n) is 13.5. The minimum atomic E-state index is -2.20. The van der Waals surface area contributed by atoms with Gasteiger partial charge in [0.25, 0.3) is 0 Å². The molecule has 1 amide bonds. The van der Waals surface area contributed by atoms with Gasteiger partial charge in [-0.15, -0.1) is 11.3 Å². The fourth-order valence-electron chi connectivity index (χ4n) is 7.21. The molecule has 0 unspecified atom stereocenters. The van der Waals surface area contributed by atoms with Crippen molar-refractivity contribution in [2.24, 2.45) is 23.7 Å². The average molecular weight is 968 g/mol. The van der Waals surface area contributed by atoms with Gasteiger partial charge in [0.1, 0.15) is 5.01 Å². The highest BCUT2D eigenvalue weighted by Gasteiger charge is 2.42. The van der Waals surface area contributed by atoms with E-state index in [0.717, 1.165) is 22.3 Å². The Morgan fingerprint density at radius 2 is 1.48 bits per heavy atom. The number of thiazole rings is 1. The summed E-state index contributed by atoms with van der Waals surface area (Å²) in [4.78, 5) is 31.4. The van der Waals surface area contributed by atoms with Gasteiger partial charge in [0.15, 0.2) is 28.8 Å². The Bertz CT molecular complexity index is 1970. The molecule has 0 fully saturated rings. The lowest BCUT2D eigenvalue weighted by Crippen LogP contribution is -2.46. The molecule has 372 valence electrons. The molecule has 66 heavy (non-hydrogen) atoms. The number of hydrogen-bond acceptors (Lipinski definition) is 9. The van der Waals surface area contributed by atoms with Crippen LogP contribution in [0.3, 0.4) is 0 Å². The van der Waals surface area contributed by atoms with Gasteiger partial charge in [0, 0.05) is 42.9 Å². The van der Waals surface area contributed by atoms with Crippen LogP contribution in [0.4, 0.5) is 4.79 Å². The number of allylic oxidation sites excluding steroid dienone is 8. The SMILES string of the molecule is CNC(=O)O[C@@H](CC(C)C)c1nc([C@H]2OC(=O)/C(C)=C/C/C(C)=C/[C@@H](O[Si](C)(C)C(C)(C)C)[C@@H](C)\C=C(C)/C=C(C)\C=C\[C@@H](O[Si](C)(C)C(C)(C)C)[C@H](C)[C@H](OC)/C(C)=C/C=C/[C@@H]2C)cs1. The van der Waals surface area contributed by atoms with E-state index in [4.69, 9.17) is 28.0 Å². The average Bonchev–Trinajstić information content (AvgIpc) is 3.68. The number of hydrogen-bond donors (Lipinski definition) is 1. The van der Waals surface area contributed by atoms with Gasteiger partial charge in [0.2, 0.25) is 0 Å². The van der Waals surface area contributed by atoms with Crippen LogP contribution in [-0.2, 0) is 27.9 Å². The molecule has 1 aromatic heterocycles. The molecule has 0 spiro atoms. The fourth-order valence-corrected chi connectivity index (χ4v) is 10.7. The number of amides is 1. The van der Waals surface area contributed by atoms with Gasteiger partial charge in [0.05, 0.1) is 24.0 Å². The number of alkyl carbamates (subject to hydrolysis) is 1.